The molecule has 0 aliphatic rings. The van der Waals surface area contributed by atoms with E-state index in [1.165, 1.54) is 36.5 Å². The lowest BCUT2D eigenvalue weighted by Crippen LogP contribution is -2.17. The summed E-state index contributed by atoms with van der Waals surface area (Å²) in [4.78, 5) is 12.6. The van der Waals surface area contributed by atoms with E-state index in [2.05, 4.69) is 35.5 Å². The molecule has 1 heterocycles. The van der Waals surface area contributed by atoms with Gasteiger partial charge in [-0.1, -0.05) is 40.9 Å². The third kappa shape index (κ3) is 7.19. The number of anilines is 3. The fourth-order valence-corrected chi connectivity index (χ4v) is 3.47. The number of rotatable bonds is 7. The second kappa shape index (κ2) is 11.2. The maximum atomic E-state index is 14.6. The smallest absolute Gasteiger partial charge is 0.406 e. The van der Waals surface area contributed by atoms with Gasteiger partial charge in [-0.3, -0.25) is 0 Å². The number of hydrogen-bond donors (Lipinski definition) is 2. The van der Waals surface area contributed by atoms with Gasteiger partial charge in [0.2, 0.25) is 11.9 Å². The Kier molecular flexibility index (Phi) is 7.96. The van der Waals surface area contributed by atoms with Crippen LogP contribution in [0.1, 0.15) is 5.56 Å². The Balaban J connectivity index is 1.61. The minimum Gasteiger partial charge on any atom is -0.406 e. The summed E-state index contributed by atoms with van der Waals surface area (Å²) in [5.74, 6) is -1.20. The first-order valence-corrected chi connectivity index (χ1v) is 11.3. The molecule has 0 fully saturated rings. The Bertz CT molecular complexity index is 1430. The summed E-state index contributed by atoms with van der Waals surface area (Å²) >= 11 is 18.2. The molecule has 14 heteroatoms. The molecule has 0 unspecified atom stereocenters. The van der Waals surface area contributed by atoms with Crippen LogP contribution in [-0.4, -0.2) is 27.5 Å². The number of alkyl halides is 3. The van der Waals surface area contributed by atoms with E-state index in [4.69, 9.17) is 34.8 Å². The maximum absolute atomic E-state index is 14.6. The van der Waals surface area contributed by atoms with Crippen LogP contribution in [0.2, 0.25) is 15.1 Å². The molecule has 3 aromatic carbocycles. The van der Waals surface area contributed by atoms with Crippen LogP contribution in [0.15, 0.2) is 65.8 Å². The Hall–Kier alpha value is -3.67. The van der Waals surface area contributed by atoms with Crippen molar-refractivity contribution < 1.29 is 22.3 Å². The van der Waals surface area contributed by atoms with Crippen LogP contribution in [0.4, 0.5) is 35.1 Å². The van der Waals surface area contributed by atoms with Crippen LogP contribution >= 0.6 is 34.8 Å². The topological polar surface area (TPSA) is 84.3 Å². The predicted molar refractivity (Wildman–Crippen MR) is 134 cm³/mol. The summed E-state index contributed by atoms with van der Waals surface area (Å²) in [6, 6.07) is 13.9. The number of nitrogens with zero attached hydrogens (tertiary/aromatic N) is 4. The molecule has 0 radical (unpaired) electrons. The highest BCUT2D eigenvalue weighted by molar-refractivity contribution is 6.42. The van der Waals surface area contributed by atoms with Gasteiger partial charge in [0.15, 0.2) is 5.82 Å². The van der Waals surface area contributed by atoms with E-state index < -0.39 is 12.2 Å². The first-order chi connectivity index (χ1) is 17.6. The minimum absolute atomic E-state index is 0.00839. The molecule has 0 aliphatic heterocycles. The molecule has 0 bridgehead atoms. The van der Waals surface area contributed by atoms with E-state index >= 15 is 0 Å². The van der Waals surface area contributed by atoms with E-state index in [9.17, 15) is 17.6 Å². The largest absolute Gasteiger partial charge is 0.573 e. The number of ether oxygens (including phenoxy) is 1. The SMILES string of the molecule is Fc1cccc(Cl)c1-c1nc(N/N=C\c2ccc(OC(F)(F)F)cc2)nc(Nc2ccc(Cl)c(Cl)c2)n1. The van der Waals surface area contributed by atoms with Crippen LogP contribution < -0.4 is 15.5 Å². The van der Waals surface area contributed by atoms with Gasteiger partial charge < -0.3 is 10.1 Å². The number of halogens is 7. The van der Waals surface area contributed by atoms with Crippen molar-refractivity contribution >= 4 is 58.6 Å². The van der Waals surface area contributed by atoms with Gasteiger partial charge in [-0.05, 0) is 60.2 Å². The van der Waals surface area contributed by atoms with Gasteiger partial charge in [0, 0.05) is 5.69 Å². The zero-order valence-electron chi connectivity index (χ0n) is 18.2. The molecule has 0 saturated carbocycles. The lowest BCUT2D eigenvalue weighted by atomic mass is 10.2. The number of benzene rings is 3. The zero-order valence-corrected chi connectivity index (χ0v) is 20.5. The molecule has 4 aromatic rings. The summed E-state index contributed by atoms with van der Waals surface area (Å²) in [5.41, 5.74) is 3.46. The van der Waals surface area contributed by atoms with Crippen LogP contribution in [0.3, 0.4) is 0 Å². The maximum Gasteiger partial charge on any atom is 0.573 e. The summed E-state index contributed by atoms with van der Waals surface area (Å²) in [6.07, 6.45) is -3.49. The molecule has 7 nitrogen and oxygen atoms in total. The molecule has 0 saturated heterocycles. The van der Waals surface area contributed by atoms with Gasteiger partial charge in [-0.25, -0.2) is 9.82 Å². The summed E-state index contributed by atoms with van der Waals surface area (Å²) in [5, 5.41) is 7.61. The third-order valence-corrected chi connectivity index (χ3v) is 5.54. The summed E-state index contributed by atoms with van der Waals surface area (Å²) in [6.45, 7) is 0. The predicted octanol–water partition coefficient (Wildman–Crippen LogP) is 7.73. The van der Waals surface area contributed by atoms with Crippen molar-refractivity contribution in [1.82, 2.24) is 15.0 Å². The van der Waals surface area contributed by atoms with Gasteiger partial charge in [-0.15, -0.1) is 13.2 Å². The first kappa shape index (κ1) is 26.4. The highest BCUT2D eigenvalue weighted by Gasteiger charge is 2.30. The highest BCUT2D eigenvalue weighted by atomic mass is 35.5. The molecule has 0 spiro atoms. The Labute approximate surface area is 222 Å². The van der Waals surface area contributed by atoms with Gasteiger partial charge in [-0.2, -0.15) is 20.1 Å². The molecular formula is C23H13Cl3F4N6O. The van der Waals surface area contributed by atoms with Crippen LogP contribution in [0.25, 0.3) is 11.4 Å². The van der Waals surface area contributed by atoms with E-state index in [0.717, 1.165) is 12.1 Å². The van der Waals surface area contributed by atoms with Crippen molar-refractivity contribution in [3.05, 3.63) is 87.1 Å². The van der Waals surface area contributed by atoms with Gasteiger partial charge in [0.25, 0.3) is 0 Å². The van der Waals surface area contributed by atoms with Gasteiger partial charge in [0.05, 0.1) is 26.8 Å². The fraction of sp³-hybridized carbons (Fsp3) is 0.0435. The second-order valence-corrected chi connectivity index (χ2v) is 8.37. The average molecular weight is 572 g/mol. The highest BCUT2D eigenvalue weighted by Crippen LogP contribution is 2.31. The molecule has 1 aromatic heterocycles. The quantitative estimate of drug-likeness (QED) is 0.134. The number of hydrazone groups is 1. The summed E-state index contributed by atoms with van der Waals surface area (Å²) in [7, 11) is 0. The molecule has 37 heavy (non-hydrogen) atoms. The first-order valence-electron chi connectivity index (χ1n) is 10.1. The standard InChI is InChI=1S/C23H13Cl3F4N6O/c24-15-9-6-13(10-17(15)26)32-21-33-20(19-16(25)2-1-3-18(19)27)34-22(35-21)36-31-11-12-4-7-14(8-5-12)37-23(28,29)30/h1-11H,(H2,32,33,34,35,36)/b31-11-. The number of nitrogens with one attached hydrogen (secondary N) is 2. The molecule has 0 atom stereocenters. The van der Waals surface area contributed by atoms with Crippen molar-refractivity contribution in [2.45, 2.75) is 6.36 Å². The van der Waals surface area contributed by atoms with E-state index in [1.807, 2.05) is 0 Å². The van der Waals surface area contributed by atoms with Crippen molar-refractivity contribution in [2.24, 2.45) is 5.10 Å². The lowest BCUT2D eigenvalue weighted by molar-refractivity contribution is -0.274. The van der Waals surface area contributed by atoms with E-state index in [0.29, 0.717) is 16.3 Å². The Morgan fingerprint density at radius 3 is 2.24 bits per heavy atom. The van der Waals surface area contributed by atoms with Crippen LogP contribution in [-0.2, 0) is 0 Å². The zero-order chi connectivity index (χ0) is 26.6. The molecule has 4 rings (SSSR count). The van der Waals surface area contributed by atoms with Crippen LogP contribution in [0, 0.1) is 5.82 Å². The molecule has 0 amide bonds. The molecular weight excluding hydrogens is 559 g/mol. The fourth-order valence-electron chi connectivity index (χ4n) is 2.93. The normalized spacial score (nSPS) is 11.5. The molecule has 190 valence electrons. The van der Waals surface area contributed by atoms with Crippen LogP contribution in [0.5, 0.6) is 5.75 Å². The Morgan fingerprint density at radius 1 is 0.838 bits per heavy atom. The monoisotopic (exact) mass is 570 g/mol. The minimum atomic E-state index is -4.79. The van der Waals surface area contributed by atoms with E-state index in [1.54, 1.807) is 18.2 Å². The Morgan fingerprint density at radius 2 is 1.57 bits per heavy atom. The average Bonchev–Trinajstić information content (AvgIpc) is 2.81. The third-order valence-electron chi connectivity index (χ3n) is 4.49. The van der Waals surface area contributed by atoms with E-state index in [-0.39, 0.29) is 39.1 Å². The van der Waals surface area contributed by atoms with Crippen molar-refractivity contribution in [1.29, 1.82) is 0 Å². The van der Waals surface area contributed by atoms with Gasteiger partial charge in [0.1, 0.15) is 11.6 Å². The number of hydrogen-bond acceptors (Lipinski definition) is 7. The van der Waals surface area contributed by atoms with Crippen molar-refractivity contribution in [3.63, 3.8) is 0 Å². The van der Waals surface area contributed by atoms with Gasteiger partial charge >= 0.3 is 6.36 Å². The number of aromatic nitrogens is 3. The summed E-state index contributed by atoms with van der Waals surface area (Å²) < 4.78 is 55.3. The lowest BCUT2D eigenvalue weighted by Gasteiger charge is -2.11. The van der Waals surface area contributed by atoms with Crippen molar-refractivity contribution in [2.75, 3.05) is 10.7 Å². The molecule has 0 aliphatic carbocycles. The molecule has 2 N–H and O–H groups in total. The second-order valence-electron chi connectivity index (χ2n) is 7.14. The van der Waals surface area contributed by atoms with Crippen molar-refractivity contribution in [3.8, 4) is 17.1 Å².